The first-order valence-electron chi connectivity index (χ1n) is 6.24. The number of hydrogen-bond donors (Lipinski definition) is 1. The zero-order chi connectivity index (χ0) is 13.9. The van der Waals surface area contributed by atoms with Gasteiger partial charge in [-0.1, -0.05) is 0 Å². The van der Waals surface area contributed by atoms with Gasteiger partial charge in [-0.05, 0) is 43.7 Å². The molecule has 1 saturated carbocycles. The molecule has 2 rings (SSSR count). The number of aromatic nitrogens is 2. The fourth-order valence-corrected chi connectivity index (χ4v) is 2.40. The van der Waals surface area contributed by atoms with Crippen molar-refractivity contribution in [2.24, 2.45) is 5.92 Å². The molecule has 0 bridgehead atoms. The van der Waals surface area contributed by atoms with Crippen LogP contribution < -0.4 is 5.32 Å². The Morgan fingerprint density at radius 3 is 2.37 bits per heavy atom. The maximum absolute atomic E-state index is 12.3. The normalized spacial score (nSPS) is 24.2. The van der Waals surface area contributed by atoms with Crippen LogP contribution in [0.15, 0.2) is 12.1 Å². The quantitative estimate of drug-likeness (QED) is 0.864. The molecule has 1 fully saturated rings. The Balaban J connectivity index is 1.83. The first kappa shape index (κ1) is 14.4. The largest absolute Gasteiger partial charge is 0.435 e. The van der Waals surface area contributed by atoms with Crippen molar-refractivity contribution in [2.75, 3.05) is 11.9 Å². The number of hydrogen-bond acceptors (Lipinski definition) is 3. The number of nitrogens with one attached hydrogen (secondary N) is 1. The van der Waals surface area contributed by atoms with Gasteiger partial charge in [0, 0.05) is 11.9 Å². The second-order valence-corrected chi connectivity index (χ2v) is 5.42. The second kappa shape index (κ2) is 5.94. The van der Waals surface area contributed by atoms with Crippen molar-refractivity contribution in [1.29, 1.82) is 0 Å². The van der Waals surface area contributed by atoms with Crippen LogP contribution in [0.25, 0.3) is 0 Å². The third-order valence-corrected chi connectivity index (χ3v) is 3.74. The molecule has 1 aliphatic rings. The predicted molar refractivity (Wildman–Crippen MR) is 67.1 cm³/mol. The molecular weight excluding hydrogens is 279 g/mol. The molecule has 0 unspecified atom stereocenters. The molecule has 19 heavy (non-hydrogen) atoms. The van der Waals surface area contributed by atoms with Gasteiger partial charge < -0.3 is 5.32 Å². The molecule has 0 atom stereocenters. The first-order chi connectivity index (χ1) is 8.95. The summed E-state index contributed by atoms with van der Waals surface area (Å²) in [6.07, 6.45) is -0.381. The summed E-state index contributed by atoms with van der Waals surface area (Å²) in [5, 5.41) is 9.99. The third kappa shape index (κ3) is 4.23. The monoisotopic (exact) mass is 293 g/mol. The number of rotatable bonds is 3. The van der Waals surface area contributed by atoms with E-state index in [4.69, 9.17) is 11.6 Å². The van der Waals surface area contributed by atoms with Crippen LogP contribution in [0, 0.1) is 5.92 Å². The smallest absolute Gasteiger partial charge is 0.368 e. The fourth-order valence-electron chi connectivity index (χ4n) is 2.15. The molecule has 7 heteroatoms. The maximum Gasteiger partial charge on any atom is 0.435 e. The molecule has 1 aromatic rings. The minimum Gasteiger partial charge on any atom is -0.368 e. The van der Waals surface area contributed by atoms with Crippen LogP contribution >= 0.6 is 11.6 Å². The van der Waals surface area contributed by atoms with Crippen LogP contribution in [0.5, 0.6) is 0 Å². The van der Waals surface area contributed by atoms with Crippen molar-refractivity contribution in [3.8, 4) is 0 Å². The molecule has 0 radical (unpaired) electrons. The number of nitrogens with zero attached hydrogens (tertiary/aromatic N) is 2. The molecule has 0 spiro atoms. The van der Waals surface area contributed by atoms with Gasteiger partial charge in [-0.3, -0.25) is 0 Å². The zero-order valence-corrected chi connectivity index (χ0v) is 11.0. The van der Waals surface area contributed by atoms with E-state index in [1.54, 1.807) is 0 Å². The van der Waals surface area contributed by atoms with Crippen molar-refractivity contribution in [3.05, 3.63) is 17.8 Å². The lowest BCUT2D eigenvalue weighted by Crippen LogP contribution is -2.22. The van der Waals surface area contributed by atoms with Crippen LogP contribution in [-0.2, 0) is 6.18 Å². The predicted octanol–water partition coefficient (Wildman–Crippen LogP) is 3.70. The summed E-state index contributed by atoms with van der Waals surface area (Å²) in [4.78, 5) is 0. The highest BCUT2D eigenvalue weighted by Crippen LogP contribution is 2.28. The van der Waals surface area contributed by atoms with Gasteiger partial charge in [0.25, 0.3) is 0 Å². The highest BCUT2D eigenvalue weighted by molar-refractivity contribution is 6.20. The minimum atomic E-state index is -4.44. The van der Waals surface area contributed by atoms with Gasteiger partial charge in [-0.15, -0.1) is 21.8 Å². The highest BCUT2D eigenvalue weighted by atomic mass is 35.5. The summed E-state index contributed by atoms with van der Waals surface area (Å²) in [7, 11) is 0. The lowest BCUT2D eigenvalue weighted by atomic mass is 9.89. The van der Waals surface area contributed by atoms with Crippen molar-refractivity contribution < 1.29 is 13.2 Å². The molecule has 0 saturated heterocycles. The Morgan fingerprint density at radius 1 is 1.16 bits per heavy atom. The molecule has 0 aromatic carbocycles. The van der Waals surface area contributed by atoms with Crippen LogP contribution in [0.4, 0.5) is 19.0 Å². The molecular formula is C12H15ClF3N3. The van der Waals surface area contributed by atoms with E-state index in [0.29, 0.717) is 18.3 Å². The summed E-state index contributed by atoms with van der Waals surface area (Å²) in [6, 6.07) is 2.24. The van der Waals surface area contributed by atoms with Gasteiger partial charge in [0.15, 0.2) is 5.69 Å². The standard InChI is InChI=1S/C12H15ClF3N3/c13-9-3-1-8(2-4-9)7-17-11-6-5-10(18-19-11)12(14,15)16/h5-6,8-9H,1-4,7H2,(H,17,19). The van der Waals surface area contributed by atoms with E-state index >= 15 is 0 Å². The van der Waals surface area contributed by atoms with Crippen molar-refractivity contribution in [2.45, 2.75) is 37.2 Å². The summed E-state index contributed by atoms with van der Waals surface area (Å²) in [5.74, 6) is 0.875. The Kier molecular flexibility index (Phi) is 4.50. The van der Waals surface area contributed by atoms with Crippen molar-refractivity contribution in [3.63, 3.8) is 0 Å². The summed E-state index contributed by atoms with van der Waals surface area (Å²) in [6.45, 7) is 0.698. The topological polar surface area (TPSA) is 37.8 Å². The second-order valence-electron chi connectivity index (χ2n) is 4.80. The maximum atomic E-state index is 12.3. The SMILES string of the molecule is FC(F)(F)c1ccc(NCC2CCC(Cl)CC2)nn1. The number of halogens is 4. The average Bonchev–Trinajstić information content (AvgIpc) is 2.37. The van der Waals surface area contributed by atoms with E-state index in [0.717, 1.165) is 31.7 Å². The average molecular weight is 294 g/mol. The summed E-state index contributed by atoms with van der Waals surface area (Å²) >= 11 is 6.01. The third-order valence-electron chi connectivity index (χ3n) is 3.30. The van der Waals surface area contributed by atoms with E-state index in [1.165, 1.54) is 6.07 Å². The van der Waals surface area contributed by atoms with Crippen LogP contribution in [-0.4, -0.2) is 22.1 Å². The van der Waals surface area contributed by atoms with Crippen molar-refractivity contribution in [1.82, 2.24) is 10.2 Å². The van der Waals surface area contributed by atoms with E-state index in [2.05, 4.69) is 15.5 Å². The van der Waals surface area contributed by atoms with Gasteiger partial charge in [-0.2, -0.15) is 13.2 Å². The molecule has 0 amide bonds. The zero-order valence-electron chi connectivity index (χ0n) is 10.3. The first-order valence-corrected chi connectivity index (χ1v) is 6.67. The molecule has 1 aromatic heterocycles. The van der Waals surface area contributed by atoms with Gasteiger partial charge in [0.2, 0.25) is 0 Å². The van der Waals surface area contributed by atoms with E-state index in [9.17, 15) is 13.2 Å². The molecule has 1 aliphatic carbocycles. The molecule has 106 valence electrons. The molecule has 1 heterocycles. The van der Waals surface area contributed by atoms with Crippen molar-refractivity contribution >= 4 is 17.4 Å². The number of anilines is 1. The summed E-state index contributed by atoms with van der Waals surface area (Å²) < 4.78 is 36.9. The Morgan fingerprint density at radius 2 is 1.84 bits per heavy atom. The van der Waals surface area contributed by atoms with Gasteiger partial charge in [0.05, 0.1) is 0 Å². The molecule has 0 aliphatic heterocycles. The minimum absolute atomic E-state index is 0.266. The van der Waals surface area contributed by atoms with E-state index in [1.807, 2.05) is 0 Å². The highest BCUT2D eigenvalue weighted by Gasteiger charge is 2.32. The van der Waals surface area contributed by atoms with Crippen LogP contribution in [0.3, 0.4) is 0 Å². The Bertz CT molecular complexity index is 400. The Hall–Kier alpha value is -1.04. The molecule has 1 N–H and O–H groups in total. The lowest BCUT2D eigenvalue weighted by Gasteiger charge is -2.25. The van der Waals surface area contributed by atoms with Gasteiger partial charge in [-0.25, -0.2) is 0 Å². The number of alkyl halides is 4. The molecule has 3 nitrogen and oxygen atoms in total. The van der Waals surface area contributed by atoms with Crippen LogP contribution in [0.2, 0.25) is 0 Å². The van der Waals surface area contributed by atoms with E-state index in [-0.39, 0.29) is 5.38 Å². The summed E-state index contributed by atoms with van der Waals surface area (Å²) in [5.41, 5.74) is -0.972. The van der Waals surface area contributed by atoms with Gasteiger partial charge in [0.1, 0.15) is 5.82 Å². The Labute approximate surface area is 114 Å². The fraction of sp³-hybridized carbons (Fsp3) is 0.667. The van der Waals surface area contributed by atoms with Crippen LogP contribution in [0.1, 0.15) is 31.4 Å². The lowest BCUT2D eigenvalue weighted by molar-refractivity contribution is -0.141. The van der Waals surface area contributed by atoms with E-state index < -0.39 is 11.9 Å². The van der Waals surface area contributed by atoms with Gasteiger partial charge >= 0.3 is 6.18 Å².